The van der Waals surface area contributed by atoms with E-state index in [9.17, 15) is 4.39 Å². The highest BCUT2D eigenvalue weighted by atomic mass is 79.9. The Labute approximate surface area is 116 Å². The minimum Gasteiger partial charge on any atom is -0.379 e. The van der Waals surface area contributed by atoms with Crippen molar-refractivity contribution in [2.45, 2.75) is 6.54 Å². The molecule has 0 radical (unpaired) electrons. The molecule has 0 aliphatic rings. The predicted molar refractivity (Wildman–Crippen MR) is 73.4 cm³/mol. The SMILES string of the molecule is Fc1ccc(NCc2ccc(Br)cn2)cc1Br. The number of hydrogen-bond acceptors (Lipinski definition) is 2. The van der Waals surface area contributed by atoms with Gasteiger partial charge in [-0.3, -0.25) is 4.98 Å². The molecule has 0 amide bonds. The Balaban J connectivity index is 2.02. The molecule has 5 heteroatoms. The zero-order chi connectivity index (χ0) is 12.3. The molecule has 0 bridgehead atoms. The summed E-state index contributed by atoms with van der Waals surface area (Å²) in [5.41, 5.74) is 1.77. The Hall–Kier alpha value is -0.940. The molecular weight excluding hydrogens is 351 g/mol. The van der Waals surface area contributed by atoms with Crippen LogP contribution in [-0.4, -0.2) is 4.98 Å². The molecule has 2 aromatic rings. The van der Waals surface area contributed by atoms with Crippen LogP contribution in [0.5, 0.6) is 0 Å². The fourth-order valence-corrected chi connectivity index (χ4v) is 1.92. The summed E-state index contributed by atoms with van der Waals surface area (Å²) in [6, 6.07) is 8.68. The molecule has 17 heavy (non-hydrogen) atoms. The fourth-order valence-electron chi connectivity index (χ4n) is 1.31. The van der Waals surface area contributed by atoms with Crippen molar-refractivity contribution in [2.75, 3.05) is 5.32 Å². The van der Waals surface area contributed by atoms with Crippen LogP contribution < -0.4 is 5.32 Å². The second-order valence-corrected chi connectivity index (χ2v) is 5.22. The van der Waals surface area contributed by atoms with Crippen molar-refractivity contribution in [3.05, 3.63) is 57.0 Å². The third-order valence-electron chi connectivity index (χ3n) is 2.18. The summed E-state index contributed by atoms with van der Waals surface area (Å²) in [5.74, 6) is -0.266. The number of nitrogens with one attached hydrogen (secondary N) is 1. The van der Waals surface area contributed by atoms with E-state index in [0.29, 0.717) is 11.0 Å². The molecule has 1 aromatic heterocycles. The van der Waals surface area contributed by atoms with Gasteiger partial charge in [0.25, 0.3) is 0 Å². The molecule has 0 saturated heterocycles. The summed E-state index contributed by atoms with van der Waals surface area (Å²) in [7, 11) is 0. The average molecular weight is 360 g/mol. The van der Waals surface area contributed by atoms with Crippen LogP contribution in [0.1, 0.15) is 5.69 Å². The second kappa shape index (κ2) is 5.60. The number of pyridine rings is 1. The number of halogens is 3. The lowest BCUT2D eigenvalue weighted by molar-refractivity contribution is 0.621. The van der Waals surface area contributed by atoms with E-state index >= 15 is 0 Å². The van der Waals surface area contributed by atoms with Crippen LogP contribution in [0, 0.1) is 5.82 Å². The Morgan fingerprint density at radius 2 is 2.00 bits per heavy atom. The molecule has 1 N–H and O–H groups in total. The number of rotatable bonds is 3. The number of anilines is 1. The molecule has 2 nitrogen and oxygen atoms in total. The molecule has 1 aromatic carbocycles. The van der Waals surface area contributed by atoms with E-state index in [0.717, 1.165) is 15.9 Å². The Morgan fingerprint density at radius 1 is 1.18 bits per heavy atom. The van der Waals surface area contributed by atoms with Gasteiger partial charge in [0, 0.05) is 16.4 Å². The summed E-state index contributed by atoms with van der Waals surface area (Å²) >= 11 is 6.47. The fraction of sp³-hybridized carbons (Fsp3) is 0.0833. The summed E-state index contributed by atoms with van der Waals surface area (Å²) < 4.78 is 14.4. The van der Waals surface area contributed by atoms with E-state index in [4.69, 9.17) is 0 Å². The van der Waals surface area contributed by atoms with Crippen LogP contribution >= 0.6 is 31.9 Å². The molecule has 0 fully saturated rings. The maximum absolute atomic E-state index is 13.0. The molecule has 0 unspecified atom stereocenters. The minimum atomic E-state index is -0.266. The van der Waals surface area contributed by atoms with Crippen molar-refractivity contribution in [3.8, 4) is 0 Å². The normalized spacial score (nSPS) is 10.3. The first kappa shape index (κ1) is 12.5. The third kappa shape index (κ3) is 3.51. The van der Waals surface area contributed by atoms with E-state index in [1.807, 2.05) is 12.1 Å². The third-order valence-corrected chi connectivity index (χ3v) is 3.26. The number of aromatic nitrogens is 1. The van der Waals surface area contributed by atoms with Gasteiger partial charge in [-0.2, -0.15) is 0 Å². The van der Waals surface area contributed by atoms with Crippen LogP contribution in [-0.2, 0) is 6.54 Å². The molecule has 0 atom stereocenters. The maximum Gasteiger partial charge on any atom is 0.137 e. The second-order valence-electron chi connectivity index (χ2n) is 3.45. The Bertz CT molecular complexity index is 514. The van der Waals surface area contributed by atoms with E-state index in [1.54, 1.807) is 18.3 Å². The highest BCUT2D eigenvalue weighted by molar-refractivity contribution is 9.10. The van der Waals surface area contributed by atoms with E-state index in [2.05, 4.69) is 42.2 Å². The first-order chi connectivity index (χ1) is 8.15. The highest BCUT2D eigenvalue weighted by Crippen LogP contribution is 2.20. The topological polar surface area (TPSA) is 24.9 Å². The van der Waals surface area contributed by atoms with E-state index in [-0.39, 0.29) is 5.82 Å². The molecule has 0 aliphatic carbocycles. The summed E-state index contributed by atoms with van der Waals surface area (Å²) in [6.45, 7) is 0.603. The van der Waals surface area contributed by atoms with Gasteiger partial charge in [0.15, 0.2) is 0 Å². The van der Waals surface area contributed by atoms with Gasteiger partial charge in [-0.05, 0) is 62.2 Å². The zero-order valence-electron chi connectivity index (χ0n) is 8.75. The standard InChI is InChI=1S/C12H9Br2FN2/c13-8-1-2-10(16-6-8)7-17-9-3-4-12(15)11(14)5-9/h1-6,17H,7H2. The average Bonchev–Trinajstić information content (AvgIpc) is 2.33. The van der Waals surface area contributed by atoms with Crippen molar-refractivity contribution in [2.24, 2.45) is 0 Å². The summed E-state index contributed by atoms with van der Waals surface area (Å²) in [4.78, 5) is 4.24. The van der Waals surface area contributed by atoms with Crippen molar-refractivity contribution in [1.82, 2.24) is 4.98 Å². The van der Waals surface area contributed by atoms with Gasteiger partial charge in [-0.1, -0.05) is 0 Å². The Morgan fingerprint density at radius 3 is 2.65 bits per heavy atom. The largest absolute Gasteiger partial charge is 0.379 e. The Kier molecular flexibility index (Phi) is 4.12. The molecule has 2 rings (SSSR count). The smallest absolute Gasteiger partial charge is 0.137 e. The molecule has 0 aliphatic heterocycles. The van der Waals surface area contributed by atoms with Crippen LogP contribution in [0.25, 0.3) is 0 Å². The van der Waals surface area contributed by atoms with Crippen LogP contribution in [0.4, 0.5) is 10.1 Å². The molecule has 0 spiro atoms. The summed E-state index contributed by atoms with van der Waals surface area (Å²) in [5, 5.41) is 3.17. The number of benzene rings is 1. The molecule has 1 heterocycles. The maximum atomic E-state index is 13.0. The molecule has 0 saturated carbocycles. The van der Waals surface area contributed by atoms with Crippen molar-refractivity contribution < 1.29 is 4.39 Å². The van der Waals surface area contributed by atoms with Crippen LogP contribution in [0.15, 0.2) is 45.5 Å². The number of nitrogens with zero attached hydrogens (tertiary/aromatic N) is 1. The monoisotopic (exact) mass is 358 g/mol. The van der Waals surface area contributed by atoms with Crippen molar-refractivity contribution in [3.63, 3.8) is 0 Å². The van der Waals surface area contributed by atoms with Gasteiger partial charge in [-0.15, -0.1) is 0 Å². The number of hydrogen-bond donors (Lipinski definition) is 1. The lowest BCUT2D eigenvalue weighted by atomic mass is 10.3. The van der Waals surface area contributed by atoms with E-state index < -0.39 is 0 Å². The lowest BCUT2D eigenvalue weighted by Gasteiger charge is -2.06. The van der Waals surface area contributed by atoms with Crippen molar-refractivity contribution >= 4 is 37.5 Å². The van der Waals surface area contributed by atoms with Gasteiger partial charge in [0.05, 0.1) is 16.7 Å². The van der Waals surface area contributed by atoms with Crippen LogP contribution in [0.2, 0.25) is 0 Å². The minimum absolute atomic E-state index is 0.266. The van der Waals surface area contributed by atoms with Crippen molar-refractivity contribution in [1.29, 1.82) is 0 Å². The van der Waals surface area contributed by atoms with Gasteiger partial charge < -0.3 is 5.32 Å². The molecular formula is C12H9Br2FN2. The highest BCUT2D eigenvalue weighted by Gasteiger charge is 2.00. The summed E-state index contributed by atoms with van der Waals surface area (Å²) in [6.07, 6.45) is 1.75. The van der Waals surface area contributed by atoms with Gasteiger partial charge in [-0.25, -0.2) is 4.39 Å². The lowest BCUT2D eigenvalue weighted by Crippen LogP contribution is -2.01. The van der Waals surface area contributed by atoms with E-state index in [1.165, 1.54) is 6.07 Å². The quantitative estimate of drug-likeness (QED) is 0.880. The first-order valence-electron chi connectivity index (χ1n) is 4.94. The zero-order valence-corrected chi connectivity index (χ0v) is 11.9. The van der Waals surface area contributed by atoms with Gasteiger partial charge >= 0.3 is 0 Å². The predicted octanol–water partition coefficient (Wildman–Crippen LogP) is 4.36. The van der Waals surface area contributed by atoms with Crippen LogP contribution in [0.3, 0.4) is 0 Å². The first-order valence-corrected chi connectivity index (χ1v) is 6.53. The molecule has 88 valence electrons. The van der Waals surface area contributed by atoms with Gasteiger partial charge in [0.1, 0.15) is 5.82 Å². The van der Waals surface area contributed by atoms with Gasteiger partial charge in [0.2, 0.25) is 0 Å².